The van der Waals surface area contributed by atoms with Gasteiger partial charge in [0.15, 0.2) is 17.3 Å². The minimum absolute atomic E-state index is 0.0912. The van der Waals surface area contributed by atoms with Gasteiger partial charge in [-0.15, -0.1) is 21.5 Å². The highest BCUT2D eigenvalue weighted by Gasteiger charge is 2.36. The van der Waals surface area contributed by atoms with E-state index in [0.717, 1.165) is 30.6 Å². The zero-order valence-corrected chi connectivity index (χ0v) is 22.2. The van der Waals surface area contributed by atoms with E-state index in [1.165, 1.54) is 21.0 Å². The summed E-state index contributed by atoms with van der Waals surface area (Å²) >= 11 is 1.42. The molecule has 0 spiro atoms. The standard InChI is InChI=1S/C27H28N6O5S/c1-17-8-10-21(38-17)26-29-31-32(30-26)16-24(34)33(19-9-11-20-22(15-19)37-13-12-36-20)25(23-7-4-14-39-23)27(35)28-18-5-2-3-6-18/h4,7-11,14-15,18,25H,2-3,5-6,12-13,16H2,1H3,(H,28,35). The number of hydrogen-bond donors (Lipinski definition) is 1. The maximum atomic E-state index is 14.0. The van der Waals surface area contributed by atoms with Crippen molar-refractivity contribution >= 4 is 28.8 Å². The number of nitrogens with one attached hydrogen (secondary N) is 1. The highest BCUT2D eigenvalue weighted by Crippen LogP contribution is 2.38. The van der Waals surface area contributed by atoms with Gasteiger partial charge >= 0.3 is 0 Å². The second-order valence-electron chi connectivity index (χ2n) is 9.55. The van der Waals surface area contributed by atoms with Crippen LogP contribution in [0.4, 0.5) is 5.69 Å². The summed E-state index contributed by atoms with van der Waals surface area (Å²) in [6, 6.07) is 11.8. The Balaban J connectivity index is 1.35. The lowest BCUT2D eigenvalue weighted by Gasteiger charge is -2.32. The molecular weight excluding hydrogens is 520 g/mol. The van der Waals surface area contributed by atoms with Crippen LogP contribution in [0.3, 0.4) is 0 Å². The third-order valence-electron chi connectivity index (χ3n) is 6.78. The van der Waals surface area contributed by atoms with Crippen molar-refractivity contribution < 1.29 is 23.5 Å². The minimum Gasteiger partial charge on any atom is -0.486 e. The van der Waals surface area contributed by atoms with Crippen molar-refractivity contribution in [2.45, 2.75) is 51.2 Å². The van der Waals surface area contributed by atoms with Crippen molar-refractivity contribution in [2.75, 3.05) is 18.1 Å². The first kappa shape index (κ1) is 25.1. The molecule has 3 aromatic heterocycles. The van der Waals surface area contributed by atoms with Crippen molar-refractivity contribution in [2.24, 2.45) is 0 Å². The Labute approximate surface area is 228 Å². The van der Waals surface area contributed by atoms with Crippen molar-refractivity contribution in [1.82, 2.24) is 25.5 Å². The molecule has 39 heavy (non-hydrogen) atoms. The molecule has 2 amide bonds. The Morgan fingerprint density at radius 2 is 1.95 bits per heavy atom. The molecule has 0 radical (unpaired) electrons. The van der Waals surface area contributed by atoms with Gasteiger partial charge in [0.1, 0.15) is 31.6 Å². The fourth-order valence-electron chi connectivity index (χ4n) is 4.95. The minimum atomic E-state index is -0.892. The summed E-state index contributed by atoms with van der Waals surface area (Å²) in [5, 5.41) is 17.5. The van der Waals surface area contributed by atoms with Gasteiger partial charge in [-0.3, -0.25) is 14.5 Å². The number of benzene rings is 1. The summed E-state index contributed by atoms with van der Waals surface area (Å²) in [4.78, 5) is 31.3. The number of thiophene rings is 1. The van der Waals surface area contributed by atoms with Crippen LogP contribution in [0.15, 0.2) is 52.3 Å². The molecule has 1 unspecified atom stereocenters. The van der Waals surface area contributed by atoms with Crippen LogP contribution in [0.25, 0.3) is 11.6 Å². The molecule has 6 rings (SSSR count). The van der Waals surface area contributed by atoms with Gasteiger partial charge in [0.05, 0.1) is 0 Å². The number of rotatable bonds is 8. The molecule has 11 nitrogen and oxygen atoms in total. The lowest BCUT2D eigenvalue weighted by Crippen LogP contribution is -2.47. The van der Waals surface area contributed by atoms with Crippen LogP contribution in [0, 0.1) is 6.92 Å². The number of hydrogen-bond acceptors (Lipinski definition) is 9. The van der Waals surface area contributed by atoms with Gasteiger partial charge in [0, 0.05) is 22.7 Å². The molecule has 1 aromatic carbocycles. The van der Waals surface area contributed by atoms with Gasteiger partial charge in [0.2, 0.25) is 11.7 Å². The number of fused-ring (bicyclic) bond motifs is 1. The number of nitrogens with zero attached hydrogens (tertiary/aromatic N) is 5. The van der Waals surface area contributed by atoms with Crippen LogP contribution in [0.1, 0.15) is 42.4 Å². The smallest absolute Gasteiger partial charge is 0.251 e. The summed E-state index contributed by atoms with van der Waals surface area (Å²) in [5.41, 5.74) is 0.506. The monoisotopic (exact) mass is 548 g/mol. The normalized spacial score (nSPS) is 15.7. The van der Waals surface area contributed by atoms with Gasteiger partial charge in [-0.2, -0.15) is 4.80 Å². The molecule has 4 aromatic rings. The Morgan fingerprint density at radius 1 is 1.13 bits per heavy atom. The second kappa shape index (κ2) is 10.9. The van der Waals surface area contributed by atoms with E-state index in [-0.39, 0.29) is 30.2 Å². The second-order valence-corrected chi connectivity index (χ2v) is 10.5. The molecule has 0 saturated heterocycles. The van der Waals surface area contributed by atoms with E-state index < -0.39 is 6.04 Å². The predicted molar refractivity (Wildman–Crippen MR) is 143 cm³/mol. The van der Waals surface area contributed by atoms with E-state index in [1.54, 1.807) is 30.3 Å². The zero-order valence-electron chi connectivity index (χ0n) is 21.4. The molecule has 1 aliphatic heterocycles. The van der Waals surface area contributed by atoms with E-state index >= 15 is 0 Å². The summed E-state index contributed by atoms with van der Waals surface area (Å²) in [6.07, 6.45) is 4.02. The maximum absolute atomic E-state index is 14.0. The van der Waals surface area contributed by atoms with Crippen LogP contribution in [0.5, 0.6) is 11.5 Å². The number of aromatic nitrogens is 4. The number of furan rings is 1. The maximum Gasteiger partial charge on any atom is 0.251 e. The fourth-order valence-corrected chi connectivity index (χ4v) is 5.76. The highest BCUT2D eigenvalue weighted by molar-refractivity contribution is 7.10. The Morgan fingerprint density at radius 3 is 2.69 bits per heavy atom. The van der Waals surface area contributed by atoms with Gasteiger partial charge in [-0.25, -0.2) is 0 Å². The Kier molecular flexibility index (Phi) is 7.01. The number of amides is 2. The molecule has 2 aliphatic rings. The molecule has 4 heterocycles. The first-order valence-corrected chi connectivity index (χ1v) is 13.8. The summed E-state index contributed by atoms with van der Waals surface area (Å²) in [6.45, 7) is 2.44. The van der Waals surface area contributed by atoms with Crippen LogP contribution < -0.4 is 19.7 Å². The molecular formula is C27H28N6O5S. The largest absolute Gasteiger partial charge is 0.486 e. The van der Waals surface area contributed by atoms with Crippen molar-refractivity contribution in [3.8, 4) is 23.1 Å². The first-order chi connectivity index (χ1) is 19.0. The molecule has 1 saturated carbocycles. The number of ether oxygens (including phenoxy) is 2. The summed E-state index contributed by atoms with van der Waals surface area (Å²) in [7, 11) is 0. The van der Waals surface area contributed by atoms with Crippen LogP contribution in [-0.2, 0) is 16.1 Å². The number of carbonyl (C=O) groups excluding carboxylic acids is 2. The number of carbonyl (C=O) groups is 2. The van der Waals surface area contributed by atoms with Crippen LogP contribution >= 0.6 is 11.3 Å². The molecule has 1 aliphatic carbocycles. The lowest BCUT2D eigenvalue weighted by molar-refractivity contribution is -0.127. The average Bonchev–Trinajstić information content (AvgIpc) is 3.76. The molecule has 0 bridgehead atoms. The van der Waals surface area contributed by atoms with Crippen LogP contribution in [0.2, 0.25) is 0 Å². The zero-order chi connectivity index (χ0) is 26.8. The van der Waals surface area contributed by atoms with Gasteiger partial charge in [-0.1, -0.05) is 18.9 Å². The van der Waals surface area contributed by atoms with Crippen LogP contribution in [-0.4, -0.2) is 51.3 Å². The van der Waals surface area contributed by atoms with E-state index in [2.05, 4.69) is 20.7 Å². The third kappa shape index (κ3) is 5.37. The quantitative estimate of drug-likeness (QED) is 0.352. The van der Waals surface area contributed by atoms with E-state index in [4.69, 9.17) is 13.9 Å². The topological polar surface area (TPSA) is 125 Å². The third-order valence-corrected chi connectivity index (χ3v) is 7.71. The number of aryl methyl sites for hydroxylation is 1. The molecule has 1 fully saturated rings. The molecule has 12 heteroatoms. The fraction of sp³-hybridized carbons (Fsp3) is 0.370. The van der Waals surface area contributed by atoms with Gasteiger partial charge in [0.25, 0.3) is 5.91 Å². The molecule has 1 atom stereocenters. The summed E-state index contributed by atoms with van der Waals surface area (Å²) in [5.74, 6) is 1.95. The predicted octanol–water partition coefficient (Wildman–Crippen LogP) is 3.91. The number of tetrazole rings is 1. The summed E-state index contributed by atoms with van der Waals surface area (Å²) < 4.78 is 17.1. The highest BCUT2D eigenvalue weighted by atomic mass is 32.1. The average molecular weight is 549 g/mol. The molecule has 1 N–H and O–H groups in total. The van der Waals surface area contributed by atoms with Crippen molar-refractivity contribution in [3.05, 3.63) is 58.5 Å². The van der Waals surface area contributed by atoms with Crippen molar-refractivity contribution in [1.29, 1.82) is 0 Å². The number of anilines is 1. The molecule has 202 valence electrons. The van der Waals surface area contributed by atoms with Gasteiger partial charge in [-0.05, 0) is 60.7 Å². The SMILES string of the molecule is Cc1ccc(-c2nnn(CC(=O)N(c3ccc4c(c3)OCCO4)C(C(=O)NC3CCCC3)c3cccs3)n2)o1. The Hall–Kier alpha value is -4.19. The lowest BCUT2D eigenvalue weighted by atomic mass is 10.1. The first-order valence-electron chi connectivity index (χ1n) is 13.0. The van der Waals surface area contributed by atoms with E-state index in [1.807, 2.05) is 24.4 Å². The van der Waals surface area contributed by atoms with E-state index in [0.29, 0.717) is 41.9 Å². The van der Waals surface area contributed by atoms with Crippen molar-refractivity contribution in [3.63, 3.8) is 0 Å². The Bertz CT molecular complexity index is 1460. The van der Waals surface area contributed by atoms with Gasteiger partial charge < -0.3 is 19.2 Å². The van der Waals surface area contributed by atoms with E-state index in [9.17, 15) is 9.59 Å².